The topological polar surface area (TPSA) is 104 Å². The molecule has 0 aromatic carbocycles. The number of hydrogen-bond acceptors (Lipinski definition) is 5. The van der Waals surface area contributed by atoms with Crippen molar-refractivity contribution in [1.82, 2.24) is 0 Å². The van der Waals surface area contributed by atoms with E-state index >= 15 is 0 Å². The van der Waals surface area contributed by atoms with Crippen LogP contribution in [0.1, 0.15) is 49.1 Å². The van der Waals surface area contributed by atoms with Gasteiger partial charge < -0.3 is 24.2 Å². The zero-order valence-electron chi connectivity index (χ0n) is 16.2. The molecule has 22 heavy (non-hydrogen) atoms. The summed E-state index contributed by atoms with van der Waals surface area (Å²) in [4.78, 5) is 33.0. The van der Waals surface area contributed by atoms with E-state index in [0.29, 0.717) is 25.7 Å². The van der Waals surface area contributed by atoms with Gasteiger partial charge in [0.25, 0.3) is 0 Å². The summed E-state index contributed by atoms with van der Waals surface area (Å²) in [5.74, 6) is -2.88. The van der Waals surface area contributed by atoms with Crippen LogP contribution in [0, 0.1) is 0 Å². The number of quaternary nitrogens is 1. The zero-order valence-corrected chi connectivity index (χ0v) is 13.2. The van der Waals surface area contributed by atoms with Gasteiger partial charge in [0, 0.05) is 25.2 Å². The molecular formula is C15H27NO6. The molecule has 0 saturated heterocycles. The van der Waals surface area contributed by atoms with Gasteiger partial charge in [0.1, 0.15) is 6.54 Å². The van der Waals surface area contributed by atoms with E-state index in [9.17, 15) is 19.5 Å². The number of carboxylic acids is 2. The molecule has 0 aromatic rings. The molecule has 0 bridgehead atoms. The molecule has 7 heteroatoms. The van der Waals surface area contributed by atoms with E-state index in [0.717, 1.165) is 0 Å². The molecule has 1 atom stereocenters. The second-order valence-electron chi connectivity index (χ2n) is 5.86. The van der Waals surface area contributed by atoms with Gasteiger partial charge in [-0.05, 0) is 12.8 Å². The molecule has 0 aliphatic heterocycles. The van der Waals surface area contributed by atoms with E-state index in [-0.39, 0.29) is 19.4 Å². The molecule has 0 unspecified atom stereocenters. The minimum absolute atomic E-state index is 0.0673. The van der Waals surface area contributed by atoms with Crippen molar-refractivity contribution in [3.63, 3.8) is 0 Å². The number of carbonyl (C=O) groups is 3. The van der Waals surface area contributed by atoms with Crippen molar-refractivity contribution in [2.24, 2.45) is 0 Å². The molecule has 0 amide bonds. The van der Waals surface area contributed by atoms with Crippen molar-refractivity contribution >= 4 is 17.9 Å². The fourth-order valence-corrected chi connectivity index (χ4v) is 1.98. The Morgan fingerprint density at radius 3 is 2.27 bits per heavy atom. The predicted molar refractivity (Wildman–Crippen MR) is 77.7 cm³/mol. The van der Waals surface area contributed by atoms with Crippen LogP contribution in [0.5, 0.6) is 0 Å². The smallest absolute Gasteiger partial charge is 0.306 e. The van der Waals surface area contributed by atoms with Crippen LogP contribution in [0.15, 0.2) is 0 Å². The third-order valence-electron chi connectivity index (χ3n) is 2.87. The van der Waals surface area contributed by atoms with Crippen LogP contribution >= 0.6 is 0 Å². The fourth-order valence-electron chi connectivity index (χ4n) is 1.98. The second kappa shape index (κ2) is 10.2. The summed E-state index contributed by atoms with van der Waals surface area (Å²) >= 11 is 0. The Labute approximate surface area is 135 Å². The van der Waals surface area contributed by atoms with Crippen LogP contribution in [0.2, 0.25) is 0 Å². The maximum Gasteiger partial charge on any atom is 0.306 e. The zero-order chi connectivity index (χ0) is 19.7. The summed E-state index contributed by atoms with van der Waals surface area (Å²) < 4.78 is 27.0. The second-order valence-corrected chi connectivity index (χ2v) is 5.86. The number of esters is 1. The van der Waals surface area contributed by atoms with Crippen LogP contribution < -0.4 is 5.11 Å². The molecule has 0 aliphatic carbocycles. The number of likely N-dealkylation sites (N-methyl/N-ethyl adjacent to an activating group) is 1. The maximum absolute atomic E-state index is 11.8. The Morgan fingerprint density at radius 1 is 1.18 bits per heavy atom. The summed E-state index contributed by atoms with van der Waals surface area (Å²) in [5, 5.41) is 19.3. The van der Waals surface area contributed by atoms with Crippen LogP contribution in [0.4, 0.5) is 0 Å². The molecule has 0 aliphatic rings. The first kappa shape index (κ1) is 15.3. The Morgan fingerprint density at radius 2 is 1.77 bits per heavy atom. The number of nitrogens with zero attached hydrogens (tertiary/aromatic N) is 1. The van der Waals surface area contributed by atoms with E-state index in [1.165, 1.54) is 14.1 Å². The normalized spacial score (nSPS) is 15.3. The Bertz CT molecular complexity index is 465. The summed E-state index contributed by atoms with van der Waals surface area (Å²) in [6, 6.07) is 0. The molecule has 0 rings (SSSR count). The average molecular weight is 320 g/mol. The number of rotatable bonds is 12. The van der Waals surface area contributed by atoms with E-state index in [2.05, 4.69) is 0 Å². The summed E-state index contributed by atoms with van der Waals surface area (Å²) in [5.41, 5.74) is 0. The van der Waals surface area contributed by atoms with Crippen molar-refractivity contribution in [3.8, 4) is 0 Å². The van der Waals surface area contributed by atoms with Crippen LogP contribution in [-0.4, -0.2) is 61.2 Å². The molecule has 0 spiro atoms. The van der Waals surface area contributed by atoms with Gasteiger partial charge in [0.15, 0.2) is 6.10 Å². The van der Waals surface area contributed by atoms with Gasteiger partial charge in [0.2, 0.25) is 0 Å². The number of carbonyl (C=O) groups excluding carboxylic acids is 2. The van der Waals surface area contributed by atoms with Gasteiger partial charge in [-0.25, -0.2) is 0 Å². The third kappa shape index (κ3) is 13.4. The van der Waals surface area contributed by atoms with E-state index in [1.807, 2.05) is 0 Å². The van der Waals surface area contributed by atoms with Gasteiger partial charge in [-0.1, -0.05) is 12.8 Å². The van der Waals surface area contributed by atoms with Crippen molar-refractivity contribution in [2.75, 3.05) is 27.6 Å². The third-order valence-corrected chi connectivity index (χ3v) is 2.87. The monoisotopic (exact) mass is 320 g/mol. The molecule has 0 aromatic heterocycles. The van der Waals surface area contributed by atoms with Gasteiger partial charge in [0.05, 0.1) is 25.2 Å². The van der Waals surface area contributed by atoms with Gasteiger partial charge in [-0.15, -0.1) is 0 Å². The molecule has 0 fully saturated rings. The lowest BCUT2D eigenvalue weighted by molar-refractivity contribution is -0.873. The molecule has 7 nitrogen and oxygen atoms in total. The lowest BCUT2D eigenvalue weighted by Gasteiger charge is -2.29. The summed E-state index contributed by atoms with van der Waals surface area (Å²) in [6.45, 7) is -2.55. The van der Waals surface area contributed by atoms with Crippen LogP contribution in [0.3, 0.4) is 0 Å². The Balaban J connectivity index is 4.40. The van der Waals surface area contributed by atoms with E-state index < -0.39 is 41.9 Å². The van der Waals surface area contributed by atoms with Gasteiger partial charge in [-0.2, -0.15) is 0 Å². The lowest BCUT2D eigenvalue weighted by Crippen LogP contribution is -2.45. The van der Waals surface area contributed by atoms with Gasteiger partial charge >= 0.3 is 11.9 Å². The first-order valence-corrected chi connectivity index (χ1v) is 7.29. The number of hydrogen-bond donors (Lipinski definition) is 1. The number of ether oxygens (including phenoxy) is 1. The molecule has 0 heterocycles. The largest absolute Gasteiger partial charge is 0.550 e. The standard InChI is InChI=1S/C15H27NO6/c1-16(2,3)11-12(10-14(19)20)22-15(21)9-7-5-4-6-8-13(17)18/h12H,4-11H2,1-3H3,(H-,17,18,19,20)/t12-/m1/s1/i1D3. The minimum Gasteiger partial charge on any atom is -0.550 e. The molecule has 128 valence electrons. The first-order valence-electron chi connectivity index (χ1n) is 8.79. The van der Waals surface area contributed by atoms with E-state index in [4.69, 9.17) is 14.0 Å². The van der Waals surface area contributed by atoms with Crippen LogP contribution in [-0.2, 0) is 19.1 Å². The van der Waals surface area contributed by atoms with E-state index in [1.54, 1.807) is 0 Å². The van der Waals surface area contributed by atoms with Gasteiger partial charge in [-0.3, -0.25) is 9.59 Å². The van der Waals surface area contributed by atoms with Crippen molar-refractivity contribution < 1.29 is 37.9 Å². The number of aliphatic carboxylic acids is 2. The molecule has 1 N–H and O–H groups in total. The fraction of sp³-hybridized carbons (Fsp3) is 0.800. The average Bonchev–Trinajstić information content (AvgIpc) is 2.39. The highest BCUT2D eigenvalue weighted by Gasteiger charge is 2.22. The first-order chi connectivity index (χ1) is 11.3. The predicted octanol–water partition coefficient (Wildman–Crippen LogP) is 0.170. The van der Waals surface area contributed by atoms with Crippen molar-refractivity contribution in [1.29, 1.82) is 0 Å². The van der Waals surface area contributed by atoms with Crippen molar-refractivity contribution in [2.45, 2.75) is 51.0 Å². The molecule has 0 radical (unpaired) electrons. The SMILES string of the molecule is [2H]C([2H])([2H])[N+](C)(C)C[C@@H](CC(=O)[O-])OC(=O)CCCCCCC(=O)O. The summed E-state index contributed by atoms with van der Waals surface area (Å²) in [6.07, 6.45) is 0.853. The van der Waals surface area contributed by atoms with Crippen molar-refractivity contribution in [3.05, 3.63) is 0 Å². The highest BCUT2D eigenvalue weighted by atomic mass is 16.5. The highest BCUT2D eigenvalue weighted by molar-refractivity contribution is 5.70. The Kier molecular flexibility index (Phi) is 7.05. The lowest BCUT2D eigenvalue weighted by atomic mass is 10.1. The maximum atomic E-state index is 11.8. The molecular weight excluding hydrogens is 290 g/mol. The quantitative estimate of drug-likeness (QED) is 0.312. The Hall–Kier alpha value is -1.63. The summed E-state index contributed by atoms with van der Waals surface area (Å²) in [7, 11) is 2.82. The highest BCUT2D eigenvalue weighted by Crippen LogP contribution is 2.10. The number of carboxylic acid groups (broad SMARTS) is 2. The number of unbranched alkanes of at least 4 members (excludes halogenated alkanes) is 3. The minimum atomic E-state index is -2.37. The molecule has 0 saturated carbocycles. The van der Waals surface area contributed by atoms with Crippen LogP contribution in [0.25, 0.3) is 0 Å².